The number of rotatable bonds is 3. The van der Waals surface area contributed by atoms with Crippen LogP contribution >= 0.6 is 0 Å². The highest BCUT2D eigenvalue weighted by Crippen LogP contribution is 2.36. The molecule has 18 heavy (non-hydrogen) atoms. The standard InChI is InChI=1S/C12H17F2N3O/c1-2-8-7-15-17-10(8)16-11(18)9-3-5-12(13,14)6-4-9/h7,9H,2-6H2,1H3,(H2,15,16,17,18). The third-order valence-corrected chi connectivity index (χ3v) is 3.43. The summed E-state index contributed by atoms with van der Waals surface area (Å²) in [6.07, 6.45) is 2.51. The molecule has 1 fully saturated rings. The molecular weight excluding hydrogens is 240 g/mol. The molecule has 0 aromatic carbocycles. The van der Waals surface area contributed by atoms with Gasteiger partial charge in [0.25, 0.3) is 0 Å². The molecule has 0 aliphatic heterocycles. The maximum atomic E-state index is 13.0. The quantitative estimate of drug-likeness (QED) is 0.874. The van der Waals surface area contributed by atoms with Gasteiger partial charge in [0, 0.05) is 24.3 Å². The molecule has 0 saturated heterocycles. The molecule has 0 atom stereocenters. The Hall–Kier alpha value is -1.46. The summed E-state index contributed by atoms with van der Waals surface area (Å²) < 4.78 is 26.0. The number of H-pyrrole nitrogens is 1. The van der Waals surface area contributed by atoms with Crippen molar-refractivity contribution in [1.82, 2.24) is 10.2 Å². The maximum Gasteiger partial charge on any atom is 0.248 e. The molecule has 2 rings (SSSR count). The molecule has 0 bridgehead atoms. The molecule has 0 unspecified atom stereocenters. The van der Waals surface area contributed by atoms with Gasteiger partial charge in [-0.2, -0.15) is 5.10 Å². The lowest BCUT2D eigenvalue weighted by Crippen LogP contribution is -2.32. The molecule has 1 aromatic rings. The van der Waals surface area contributed by atoms with Gasteiger partial charge < -0.3 is 5.32 Å². The van der Waals surface area contributed by atoms with Gasteiger partial charge in [-0.25, -0.2) is 8.78 Å². The van der Waals surface area contributed by atoms with Crippen molar-refractivity contribution in [3.05, 3.63) is 11.8 Å². The first-order chi connectivity index (χ1) is 8.52. The lowest BCUT2D eigenvalue weighted by Gasteiger charge is -2.27. The van der Waals surface area contributed by atoms with Gasteiger partial charge in [-0.1, -0.05) is 6.92 Å². The van der Waals surface area contributed by atoms with E-state index in [1.807, 2.05) is 6.92 Å². The number of amides is 1. The number of carbonyl (C=O) groups is 1. The Morgan fingerprint density at radius 2 is 2.22 bits per heavy atom. The van der Waals surface area contributed by atoms with Crippen LogP contribution in [0.25, 0.3) is 0 Å². The summed E-state index contributed by atoms with van der Waals surface area (Å²) in [6, 6.07) is 0. The number of anilines is 1. The Morgan fingerprint density at radius 1 is 1.56 bits per heavy atom. The van der Waals surface area contributed by atoms with Crippen LogP contribution in [0.2, 0.25) is 0 Å². The molecule has 1 aromatic heterocycles. The van der Waals surface area contributed by atoms with Crippen molar-refractivity contribution in [2.45, 2.75) is 45.0 Å². The summed E-state index contributed by atoms with van der Waals surface area (Å²) in [6.45, 7) is 1.96. The Morgan fingerprint density at radius 3 is 2.83 bits per heavy atom. The first-order valence-electron chi connectivity index (χ1n) is 6.23. The van der Waals surface area contributed by atoms with Crippen LogP contribution in [0, 0.1) is 5.92 Å². The topological polar surface area (TPSA) is 57.8 Å². The van der Waals surface area contributed by atoms with Gasteiger partial charge in [-0.15, -0.1) is 0 Å². The fourth-order valence-electron chi connectivity index (χ4n) is 2.21. The molecule has 0 spiro atoms. The number of hydrogen-bond acceptors (Lipinski definition) is 2. The SMILES string of the molecule is CCc1cn[nH]c1NC(=O)C1CCC(F)(F)CC1. The van der Waals surface area contributed by atoms with Gasteiger partial charge in [0.05, 0.1) is 6.20 Å². The number of carbonyl (C=O) groups excluding carboxylic acids is 1. The van der Waals surface area contributed by atoms with Gasteiger partial charge in [0.2, 0.25) is 11.8 Å². The fourth-order valence-corrected chi connectivity index (χ4v) is 2.21. The smallest absolute Gasteiger partial charge is 0.248 e. The molecule has 2 N–H and O–H groups in total. The van der Waals surface area contributed by atoms with E-state index < -0.39 is 5.92 Å². The van der Waals surface area contributed by atoms with Crippen LogP contribution in [0.4, 0.5) is 14.6 Å². The average Bonchev–Trinajstić information content (AvgIpc) is 2.76. The van der Waals surface area contributed by atoms with Gasteiger partial charge in [0.15, 0.2) is 0 Å². The molecule has 1 amide bonds. The minimum absolute atomic E-state index is 0.190. The second-order valence-corrected chi connectivity index (χ2v) is 4.74. The van der Waals surface area contributed by atoms with Gasteiger partial charge in [-0.05, 0) is 19.3 Å². The normalized spacial score (nSPS) is 19.7. The summed E-state index contributed by atoms with van der Waals surface area (Å²) >= 11 is 0. The highest BCUT2D eigenvalue weighted by Gasteiger charge is 2.37. The molecule has 100 valence electrons. The van der Waals surface area contributed by atoms with Crippen LogP contribution < -0.4 is 5.32 Å². The van der Waals surface area contributed by atoms with Gasteiger partial charge in [-0.3, -0.25) is 9.89 Å². The van der Waals surface area contributed by atoms with Crippen LogP contribution in [-0.4, -0.2) is 22.0 Å². The van der Waals surface area contributed by atoms with E-state index >= 15 is 0 Å². The Kier molecular flexibility index (Phi) is 3.63. The van der Waals surface area contributed by atoms with Crippen molar-refractivity contribution < 1.29 is 13.6 Å². The van der Waals surface area contributed by atoms with Gasteiger partial charge >= 0.3 is 0 Å². The summed E-state index contributed by atoms with van der Waals surface area (Å²) in [5.74, 6) is -2.53. The molecule has 1 heterocycles. The number of aromatic amines is 1. The van der Waals surface area contributed by atoms with Crippen LogP contribution in [0.5, 0.6) is 0 Å². The van der Waals surface area contributed by atoms with E-state index in [1.165, 1.54) is 0 Å². The zero-order valence-corrected chi connectivity index (χ0v) is 10.3. The van der Waals surface area contributed by atoms with Crippen LogP contribution in [0.1, 0.15) is 38.2 Å². The number of nitrogens with one attached hydrogen (secondary N) is 2. The molecule has 4 nitrogen and oxygen atoms in total. The van der Waals surface area contributed by atoms with Crippen molar-refractivity contribution >= 4 is 11.7 Å². The van der Waals surface area contributed by atoms with E-state index in [9.17, 15) is 13.6 Å². The van der Waals surface area contributed by atoms with Crippen LogP contribution in [0.15, 0.2) is 6.20 Å². The van der Waals surface area contributed by atoms with Crippen molar-refractivity contribution in [1.29, 1.82) is 0 Å². The maximum absolute atomic E-state index is 13.0. The summed E-state index contributed by atoms with van der Waals surface area (Å²) in [5, 5.41) is 9.30. The molecule has 1 saturated carbocycles. The van der Waals surface area contributed by atoms with Crippen molar-refractivity contribution in [2.24, 2.45) is 5.92 Å². The first-order valence-corrected chi connectivity index (χ1v) is 6.23. The van der Waals surface area contributed by atoms with Gasteiger partial charge in [0.1, 0.15) is 5.82 Å². The Balaban J connectivity index is 1.93. The first kappa shape index (κ1) is 13.0. The Bertz CT molecular complexity index is 421. The average molecular weight is 257 g/mol. The van der Waals surface area contributed by atoms with Crippen molar-refractivity contribution in [3.63, 3.8) is 0 Å². The lowest BCUT2D eigenvalue weighted by atomic mass is 9.86. The van der Waals surface area contributed by atoms with E-state index in [1.54, 1.807) is 6.20 Å². The van der Waals surface area contributed by atoms with E-state index in [0.717, 1.165) is 12.0 Å². The summed E-state index contributed by atoms with van der Waals surface area (Å²) in [5.41, 5.74) is 0.921. The summed E-state index contributed by atoms with van der Waals surface area (Å²) in [4.78, 5) is 11.9. The second-order valence-electron chi connectivity index (χ2n) is 4.74. The van der Waals surface area contributed by atoms with E-state index in [2.05, 4.69) is 15.5 Å². The fraction of sp³-hybridized carbons (Fsp3) is 0.667. The third-order valence-electron chi connectivity index (χ3n) is 3.43. The zero-order chi connectivity index (χ0) is 13.2. The minimum atomic E-state index is -2.60. The van der Waals surface area contributed by atoms with Crippen LogP contribution in [0.3, 0.4) is 0 Å². The Labute approximate surface area is 104 Å². The van der Waals surface area contributed by atoms with E-state index in [-0.39, 0.29) is 37.5 Å². The van der Waals surface area contributed by atoms with E-state index in [0.29, 0.717) is 5.82 Å². The molecule has 1 aliphatic rings. The van der Waals surface area contributed by atoms with Crippen molar-refractivity contribution in [3.8, 4) is 0 Å². The monoisotopic (exact) mass is 257 g/mol. The molecule has 6 heteroatoms. The van der Waals surface area contributed by atoms with Crippen molar-refractivity contribution in [2.75, 3.05) is 5.32 Å². The minimum Gasteiger partial charge on any atom is -0.311 e. The third kappa shape index (κ3) is 2.86. The number of hydrogen-bond donors (Lipinski definition) is 2. The number of aryl methyl sites for hydroxylation is 1. The highest BCUT2D eigenvalue weighted by molar-refractivity contribution is 5.92. The zero-order valence-electron chi connectivity index (χ0n) is 10.3. The number of halogens is 2. The van der Waals surface area contributed by atoms with Crippen LogP contribution in [-0.2, 0) is 11.2 Å². The predicted octanol–water partition coefficient (Wildman–Crippen LogP) is 2.74. The van der Waals surface area contributed by atoms with E-state index in [4.69, 9.17) is 0 Å². The highest BCUT2D eigenvalue weighted by atomic mass is 19.3. The molecule has 0 radical (unpaired) electrons. The summed E-state index contributed by atoms with van der Waals surface area (Å²) in [7, 11) is 0. The lowest BCUT2D eigenvalue weighted by molar-refractivity contribution is -0.124. The molecule has 1 aliphatic carbocycles. The second kappa shape index (κ2) is 5.04. The predicted molar refractivity (Wildman–Crippen MR) is 63.5 cm³/mol. The largest absolute Gasteiger partial charge is 0.311 e. The number of aromatic nitrogens is 2. The number of nitrogens with zero attached hydrogens (tertiary/aromatic N) is 1. The molecular formula is C12H17F2N3O. The number of alkyl halides is 2.